The Hall–Kier alpha value is -6.32. The molecule has 9 rings (SSSR count). The Morgan fingerprint density at radius 1 is 0.340 bits per heavy atom. The second kappa shape index (κ2) is 11.2. The third-order valence-corrected chi connectivity index (χ3v) is 8.92. The molecule has 1 aliphatic rings. The highest BCUT2D eigenvalue weighted by atomic mass is 16.5. The first-order valence-corrected chi connectivity index (χ1v) is 15.8. The van der Waals surface area contributed by atoms with E-state index in [1.807, 2.05) is 36.4 Å². The molecule has 0 bridgehead atoms. The molecule has 0 saturated heterocycles. The molecule has 1 aliphatic heterocycles. The number of benzene rings is 7. The Balaban J connectivity index is 1.10. The van der Waals surface area contributed by atoms with Gasteiger partial charge in [0, 0.05) is 27.6 Å². The first-order valence-electron chi connectivity index (χ1n) is 15.8. The Labute approximate surface area is 273 Å². The lowest BCUT2D eigenvalue weighted by Crippen LogP contribution is -1.98. The normalized spacial score (nSPS) is 11.6. The molecule has 0 fully saturated rings. The van der Waals surface area contributed by atoms with Gasteiger partial charge in [0.25, 0.3) is 0 Å². The van der Waals surface area contributed by atoms with Crippen molar-refractivity contribution in [2.24, 2.45) is 0 Å². The van der Waals surface area contributed by atoms with Gasteiger partial charge in [0.2, 0.25) is 0 Å². The maximum atomic E-state index is 6.49. The number of rotatable bonds is 5. The van der Waals surface area contributed by atoms with Gasteiger partial charge in [0.1, 0.15) is 11.5 Å². The molecule has 0 unspecified atom stereocenters. The first-order chi connectivity index (χ1) is 23.3. The Kier molecular flexibility index (Phi) is 6.46. The lowest BCUT2D eigenvalue weighted by atomic mass is 9.89. The summed E-state index contributed by atoms with van der Waals surface area (Å²) in [4.78, 5) is 9.94. The quantitative estimate of drug-likeness (QED) is 0.197. The zero-order valence-corrected chi connectivity index (χ0v) is 25.5. The molecule has 8 aromatic rings. The van der Waals surface area contributed by atoms with E-state index in [-0.39, 0.29) is 0 Å². The van der Waals surface area contributed by atoms with Crippen LogP contribution in [0.25, 0.3) is 78.1 Å². The highest BCUT2D eigenvalue weighted by molar-refractivity contribution is 6.10. The topological polar surface area (TPSA) is 35.0 Å². The SMILES string of the molecule is c1ccc(-c2cc(-c3ccc(-c4ccc5c(c4)-c4cccc6c(-c7ccccc7)ccc(c46)O5)cc3)nc(-c3ccccc3)n2)cc1. The van der Waals surface area contributed by atoms with Crippen molar-refractivity contribution in [1.82, 2.24) is 9.97 Å². The molecule has 0 atom stereocenters. The average molecular weight is 601 g/mol. The van der Waals surface area contributed by atoms with E-state index in [1.54, 1.807) is 0 Å². The molecule has 1 aromatic heterocycles. The van der Waals surface area contributed by atoms with Crippen LogP contribution < -0.4 is 4.74 Å². The highest BCUT2D eigenvalue weighted by Crippen LogP contribution is 2.49. The summed E-state index contributed by atoms with van der Waals surface area (Å²) in [7, 11) is 0. The lowest BCUT2D eigenvalue weighted by Gasteiger charge is -2.23. The zero-order chi connectivity index (χ0) is 31.2. The Bertz CT molecular complexity index is 2340. The summed E-state index contributed by atoms with van der Waals surface area (Å²) in [6.07, 6.45) is 0. The lowest BCUT2D eigenvalue weighted by molar-refractivity contribution is 0.487. The van der Waals surface area contributed by atoms with E-state index in [2.05, 4.69) is 133 Å². The van der Waals surface area contributed by atoms with Gasteiger partial charge in [-0.15, -0.1) is 0 Å². The summed E-state index contributed by atoms with van der Waals surface area (Å²) in [6, 6.07) is 59.0. The fourth-order valence-corrected chi connectivity index (χ4v) is 6.58. The van der Waals surface area contributed by atoms with Crippen molar-refractivity contribution < 1.29 is 4.74 Å². The van der Waals surface area contributed by atoms with Gasteiger partial charge >= 0.3 is 0 Å². The van der Waals surface area contributed by atoms with Gasteiger partial charge in [-0.05, 0) is 57.5 Å². The Morgan fingerprint density at radius 3 is 1.62 bits per heavy atom. The van der Waals surface area contributed by atoms with Crippen molar-refractivity contribution >= 4 is 10.8 Å². The molecule has 3 nitrogen and oxygen atoms in total. The molecule has 0 saturated carbocycles. The van der Waals surface area contributed by atoms with Crippen molar-refractivity contribution in [2.75, 3.05) is 0 Å². The molecule has 220 valence electrons. The number of nitrogens with zero attached hydrogens (tertiary/aromatic N) is 2. The monoisotopic (exact) mass is 600 g/mol. The number of hydrogen-bond acceptors (Lipinski definition) is 3. The average Bonchev–Trinajstić information content (AvgIpc) is 3.16. The number of fused-ring (bicyclic) bond motifs is 2. The van der Waals surface area contributed by atoms with Crippen molar-refractivity contribution in [3.63, 3.8) is 0 Å². The van der Waals surface area contributed by atoms with E-state index in [0.29, 0.717) is 5.82 Å². The largest absolute Gasteiger partial charge is 0.456 e. The van der Waals surface area contributed by atoms with Gasteiger partial charge in [-0.25, -0.2) is 9.97 Å². The minimum absolute atomic E-state index is 0.714. The molecule has 0 aliphatic carbocycles. The van der Waals surface area contributed by atoms with Crippen LogP contribution in [0.2, 0.25) is 0 Å². The third kappa shape index (κ3) is 4.86. The van der Waals surface area contributed by atoms with Gasteiger partial charge in [0.15, 0.2) is 5.82 Å². The first kappa shape index (κ1) is 27.0. The number of aromatic nitrogens is 2. The molecular formula is C44H28N2O. The van der Waals surface area contributed by atoms with Crippen molar-refractivity contribution in [3.8, 4) is 78.8 Å². The van der Waals surface area contributed by atoms with E-state index in [0.717, 1.165) is 61.7 Å². The van der Waals surface area contributed by atoms with Crippen LogP contribution >= 0.6 is 0 Å². The summed E-state index contributed by atoms with van der Waals surface area (Å²) >= 11 is 0. The minimum Gasteiger partial charge on any atom is -0.456 e. The van der Waals surface area contributed by atoms with Crippen molar-refractivity contribution in [2.45, 2.75) is 0 Å². The minimum atomic E-state index is 0.714. The summed E-state index contributed by atoms with van der Waals surface area (Å²) in [6.45, 7) is 0. The predicted octanol–water partition coefficient (Wildman–Crippen LogP) is 11.7. The second-order valence-electron chi connectivity index (χ2n) is 11.8. The van der Waals surface area contributed by atoms with Crippen LogP contribution in [0.15, 0.2) is 170 Å². The van der Waals surface area contributed by atoms with Gasteiger partial charge in [-0.1, -0.05) is 146 Å². The van der Waals surface area contributed by atoms with Crippen molar-refractivity contribution in [1.29, 1.82) is 0 Å². The molecular weight excluding hydrogens is 572 g/mol. The van der Waals surface area contributed by atoms with Crippen LogP contribution in [-0.4, -0.2) is 9.97 Å². The molecule has 47 heavy (non-hydrogen) atoms. The maximum Gasteiger partial charge on any atom is 0.160 e. The van der Waals surface area contributed by atoms with E-state index in [9.17, 15) is 0 Å². The zero-order valence-electron chi connectivity index (χ0n) is 25.5. The van der Waals surface area contributed by atoms with Crippen LogP contribution in [0.3, 0.4) is 0 Å². The van der Waals surface area contributed by atoms with Crippen LogP contribution in [-0.2, 0) is 0 Å². The molecule has 3 heteroatoms. The molecule has 0 N–H and O–H groups in total. The van der Waals surface area contributed by atoms with Crippen molar-refractivity contribution in [3.05, 3.63) is 170 Å². The smallest absolute Gasteiger partial charge is 0.160 e. The highest BCUT2D eigenvalue weighted by Gasteiger charge is 2.22. The summed E-state index contributed by atoms with van der Waals surface area (Å²) < 4.78 is 6.49. The van der Waals surface area contributed by atoms with Gasteiger partial charge in [-0.3, -0.25) is 0 Å². The molecule has 2 heterocycles. The molecule has 7 aromatic carbocycles. The summed E-state index contributed by atoms with van der Waals surface area (Å²) in [5.41, 5.74) is 11.9. The molecule has 0 spiro atoms. The molecule has 0 amide bonds. The second-order valence-corrected chi connectivity index (χ2v) is 11.8. The third-order valence-electron chi connectivity index (χ3n) is 8.92. The summed E-state index contributed by atoms with van der Waals surface area (Å²) in [5, 5.41) is 2.35. The van der Waals surface area contributed by atoms with Crippen LogP contribution in [0.4, 0.5) is 0 Å². The van der Waals surface area contributed by atoms with E-state index in [1.165, 1.54) is 22.1 Å². The van der Waals surface area contributed by atoms with Crippen LogP contribution in [0.1, 0.15) is 0 Å². The van der Waals surface area contributed by atoms with Gasteiger partial charge in [0.05, 0.1) is 11.4 Å². The van der Waals surface area contributed by atoms with E-state index in [4.69, 9.17) is 14.7 Å². The number of ether oxygens (including phenoxy) is 1. The van der Waals surface area contributed by atoms with E-state index < -0.39 is 0 Å². The molecule has 0 radical (unpaired) electrons. The van der Waals surface area contributed by atoms with Crippen LogP contribution in [0, 0.1) is 0 Å². The fraction of sp³-hybridized carbons (Fsp3) is 0. The fourth-order valence-electron chi connectivity index (χ4n) is 6.58. The van der Waals surface area contributed by atoms with Gasteiger partial charge < -0.3 is 4.74 Å². The van der Waals surface area contributed by atoms with Crippen LogP contribution in [0.5, 0.6) is 11.5 Å². The standard InChI is InChI=1S/C44H28N2O/c1-4-11-30(12-5-1)35-24-26-42-43-36(35)17-10-18-37(43)38-27-34(23-25-41(38)47-42)29-19-21-32(22-20-29)40-28-39(31-13-6-2-7-14-31)45-44(46-40)33-15-8-3-9-16-33/h1-28H. The van der Waals surface area contributed by atoms with E-state index >= 15 is 0 Å². The Morgan fingerprint density at radius 2 is 0.915 bits per heavy atom. The maximum absolute atomic E-state index is 6.49. The predicted molar refractivity (Wildman–Crippen MR) is 192 cm³/mol. The number of hydrogen-bond donors (Lipinski definition) is 0. The van der Waals surface area contributed by atoms with Gasteiger partial charge in [-0.2, -0.15) is 0 Å². The summed E-state index contributed by atoms with van der Waals surface area (Å²) in [5.74, 6) is 2.49.